The lowest BCUT2D eigenvalue weighted by Crippen LogP contribution is -2.45. The first-order valence-electron chi connectivity index (χ1n) is 11.8. The number of benzene rings is 2. The largest absolute Gasteiger partial charge is 0.446 e. The van der Waals surface area contributed by atoms with Crippen LogP contribution in [0.1, 0.15) is 55.1 Å². The summed E-state index contributed by atoms with van der Waals surface area (Å²) in [6.45, 7) is 4.99. The molecule has 2 aromatic carbocycles. The molecule has 1 saturated carbocycles. The number of hydrogen-bond acceptors (Lipinski definition) is 5. The Kier molecular flexibility index (Phi) is 5.63. The van der Waals surface area contributed by atoms with Gasteiger partial charge in [0.25, 0.3) is 5.56 Å². The van der Waals surface area contributed by atoms with E-state index in [9.17, 15) is 9.59 Å². The van der Waals surface area contributed by atoms with Gasteiger partial charge in [-0.15, -0.1) is 0 Å². The molecule has 1 aliphatic carbocycles. The molecule has 2 aliphatic rings. The number of fused-ring (bicyclic) bond motifs is 1. The Hall–Kier alpha value is -3.61. The molecule has 0 atom stereocenters. The topological polar surface area (TPSA) is 90.4 Å². The van der Waals surface area contributed by atoms with E-state index in [0.29, 0.717) is 24.2 Å². The Morgan fingerprint density at radius 3 is 2.21 bits per heavy atom. The molecule has 7 nitrogen and oxygen atoms in total. The summed E-state index contributed by atoms with van der Waals surface area (Å²) in [5.74, 6) is 0.136. The number of rotatable bonds is 4. The van der Waals surface area contributed by atoms with E-state index in [1.54, 1.807) is 9.47 Å². The number of aromatic nitrogens is 2. The van der Waals surface area contributed by atoms with Crippen LogP contribution >= 0.6 is 0 Å². The zero-order valence-electron chi connectivity index (χ0n) is 19.6. The number of carbonyl (C=O) groups is 1. The minimum absolute atomic E-state index is 0.0348. The zero-order valence-corrected chi connectivity index (χ0v) is 19.6. The molecular weight excluding hydrogens is 428 g/mol. The van der Waals surface area contributed by atoms with Crippen LogP contribution in [0, 0.1) is 5.41 Å². The summed E-state index contributed by atoms with van der Waals surface area (Å²) in [5, 5.41) is 0. The summed E-state index contributed by atoms with van der Waals surface area (Å²) in [5.41, 5.74) is 9.54. The Bertz CT molecular complexity index is 1210. The molecule has 5 rings (SSSR count). The number of anilines is 1. The van der Waals surface area contributed by atoms with Gasteiger partial charge in [-0.3, -0.25) is 9.36 Å². The second-order valence-electron chi connectivity index (χ2n) is 10.0. The van der Waals surface area contributed by atoms with E-state index in [1.807, 2.05) is 60.7 Å². The van der Waals surface area contributed by atoms with E-state index in [2.05, 4.69) is 18.8 Å². The Morgan fingerprint density at radius 2 is 1.65 bits per heavy atom. The molecule has 1 aromatic heterocycles. The third kappa shape index (κ3) is 4.18. The highest BCUT2D eigenvalue weighted by Crippen LogP contribution is 2.42. The van der Waals surface area contributed by atoms with Crippen LogP contribution in [-0.2, 0) is 17.7 Å². The van der Waals surface area contributed by atoms with Crippen molar-refractivity contribution in [2.45, 2.75) is 51.8 Å². The number of amides is 1. The van der Waals surface area contributed by atoms with Gasteiger partial charge >= 0.3 is 6.09 Å². The minimum Gasteiger partial charge on any atom is -0.446 e. The molecule has 3 aromatic rings. The first-order valence-corrected chi connectivity index (χ1v) is 11.8. The Balaban J connectivity index is 1.45. The van der Waals surface area contributed by atoms with Gasteiger partial charge in [0, 0.05) is 12.1 Å². The lowest BCUT2D eigenvalue weighted by atomic mass is 9.70. The highest BCUT2D eigenvalue weighted by atomic mass is 16.6. The third-order valence-electron chi connectivity index (χ3n) is 6.87. The fraction of sp³-hybridized carbons (Fsp3) is 0.370. The first-order chi connectivity index (χ1) is 16.3. The van der Waals surface area contributed by atoms with Crippen molar-refractivity contribution in [3.8, 4) is 0 Å². The summed E-state index contributed by atoms with van der Waals surface area (Å²) >= 11 is 0. The molecule has 7 heteroatoms. The number of nitrogens with two attached hydrogens (primary N) is 1. The molecule has 34 heavy (non-hydrogen) atoms. The van der Waals surface area contributed by atoms with E-state index < -0.39 is 6.04 Å². The van der Waals surface area contributed by atoms with Crippen molar-refractivity contribution in [2.75, 3.05) is 12.3 Å². The quantitative estimate of drug-likeness (QED) is 0.634. The summed E-state index contributed by atoms with van der Waals surface area (Å²) in [4.78, 5) is 32.6. The van der Waals surface area contributed by atoms with Gasteiger partial charge in [-0.25, -0.2) is 9.78 Å². The van der Waals surface area contributed by atoms with Crippen molar-refractivity contribution >= 4 is 12.0 Å². The van der Waals surface area contributed by atoms with Crippen LogP contribution in [0.25, 0.3) is 0 Å². The second-order valence-corrected chi connectivity index (χ2v) is 10.0. The van der Waals surface area contributed by atoms with Crippen LogP contribution < -0.4 is 11.3 Å². The van der Waals surface area contributed by atoms with Crippen molar-refractivity contribution in [3.63, 3.8) is 0 Å². The molecular formula is C27H30N4O3. The molecule has 1 aliphatic heterocycles. The van der Waals surface area contributed by atoms with Gasteiger partial charge in [-0.2, -0.15) is 0 Å². The zero-order chi connectivity index (χ0) is 23.9. The summed E-state index contributed by atoms with van der Waals surface area (Å²) in [7, 11) is 0. The summed E-state index contributed by atoms with van der Waals surface area (Å²) < 4.78 is 7.24. The molecule has 1 amide bonds. The standard InChI is InChI=1S/C27H30N4O3/c1-27(2)15-20(16-27)34-26(33)30-14-13-21-22(17-30)29-25(28)31(24(21)32)23(18-9-5-3-6-10-18)19-11-7-4-8-12-19/h3-12,20,23H,13-17H2,1-2H3,(H2,28,29). The maximum Gasteiger partial charge on any atom is 0.410 e. The van der Waals surface area contributed by atoms with Crippen LogP contribution in [0.5, 0.6) is 0 Å². The molecule has 0 spiro atoms. The number of nitrogen functional groups attached to an aromatic ring is 1. The van der Waals surface area contributed by atoms with E-state index in [0.717, 1.165) is 24.0 Å². The first kappa shape index (κ1) is 22.2. The average Bonchev–Trinajstić information content (AvgIpc) is 2.81. The van der Waals surface area contributed by atoms with E-state index in [4.69, 9.17) is 10.5 Å². The lowest BCUT2D eigenvalue weighted by molar-refractivity contribution is -0.0369. The normalized spacial score (nSPS) is 17.2. The predicted octanol–water partition coefficient (Wildman–Crippen LogP) is 4.15. The van der Waals surface area contributed by atoms with Gasteiger partial charge < -0.3 is 15.4 Å². The predicted molar refractivity (Wildman–Crippen MR) is 130 cm³/mol. The third-order valence-corrected chi connectivity index (χ3v) is 6.87. The second kappa shape index (κ2) is 8.63. The van der Waals surface area contributed by atoms with Crippen LogP contribution in [-0.4, -0.2) is 33.2 Å². The van der Waals surface area contributed by atoms with Crippen molar-refractivity contribution in [1.82, 2.24) is 14.5 Å². The molecule has 2 N–H and O–H groups in total. The van der Waals surface area contributed by atoms with Crippen LogP contribution in [0.2, 0.25) is 0 Å². The van der Waals surface area contributed by atoms with Gasteiger partial charge in [-0.1, -0.05) is 74.5 Å². The average molecular weight is 459 g/mol. The van der Waals surface area contributed by atoms with Gasteiger partial charge in [-0.05, 0) is 35.8 Å². The molecule has 2 heterocycles. The monoisotopic (exact) mass is 458 g/mol. The molecule has 0 unspecified atom stereocenters. The van der Waals surface area contributed by atoms with Crippen molar-refractivity contribution in [1.29, 1.82) is 0 Å². The Morgan fingerprint density at radius 1 is 1.06 bits per heavy atom. The highest BCUT2D eigenvalue weighted by Gasteiger charge is 2.40. The molecule has 0 saturated heterocycles. The van der Waals surface area contributed by atoms with Gasteiger partial charge in [0.2, 0.25) is 5.95 Å². The van der Waals surface area contributed by atoms with Crippen LogP contribution in [0.15, 0.2) is 65.5 Å². The smallest absolute Gasteiger partial charge is 0.410 e. The molecule has 176 valence electrons. The van der Waals surface area contributed by atoms with E-state index in [1.165, 1.54) is 0 Å². The maximum atomic E-state index is 13.7. The number of hydrogen-bond donors (Lipinski definition) is 1. The summed E-state index contributed by atoms with van der Waals surface area (Å²) in [6, 6.07) is 19.3. The van der Waals surface area contributed by atoms with Crippen molar-refractivity contribution in [2.24, 2.45) is 5.41 Å². The molecule has 0 radical (unpaired) electrons. The van der Waals surface area contributed by atoms with Gasteiger partial charge in [0.05, 0.1) is 18.3 Å². The van der Waals surface area contributed by atoms with Gasteiger partial charge in [0.15, 0.2) is 0 Å². The minimum atomic E-state index is -0.391. The van der Waals surface area contributed by atoms with Crippen LogP contribution in [0.3, 0.4) is 0 Å². The SMILES string of the molecule is CC1(C)CC(OC(=O)N2CCc3c(nc(N)n(C(c4ccccc4)c4ccccc4)c3=O)C2)C1. The fourth-order valence-electron chi connectivity index (χ4n) is 5.16. The van der Waals surface area contributed by atoms with E-state index >= 15 is 0 Å². The van der Waals surface area contributed by atoms with E-state index in [-0.39, 0.29) is 35.7 Å². The van der Waals surface area contributed by atoms with Crippen molar-refractivity contribution < 1.29 is 9.53 Å². The van der Waals surface area contributed by atoms with Crippen molar-refractivity contribution in [3.05, 3.63) is 93.4 Å². The number of carbonyl (C=O) groups excluding carboxylic acids is 1. The Labute approximate surface area is 199 Å². The van der Waals surface area contributed by atoms with Crippen LogP contribution in [0.4, 0.5) is 10.7 Å². The summed E-state index contributed by atoms with van der Waals surface area (Å²) in [6.07, 6.45) is 1.79. The lowest BCUT2D eigenvalue weighted by Gasteiger charge is -2.42. The molecule has 1 fully saturated rings. The highest BCUT2D eigenvalue weighted by molar-refractivity contribution is 5.68. The maximum absolute atomic E-state index is 13.7. The number of nitrogens with zero attached hydrogens (tertiary/aromatic N) is 3. The van der Waals surface area contributed by atoms with Gasteiger partial charge in [0.1, 0.15) is 6.10 Å². The number of ether oxygens (including phenoxy) is 1. The molecule has 0 bridgehead atoms. The fourth-order valence-corrected chi connectivity index (χ4v) is 5.16.